The first-order chi connectivity index (χ1) is 17.2. The molecule has 0 aromatic heterocycles. The molecule has 1 aliphatic rings. The van der Waals surface area contributed by atoms with Crippen LogP contribution in [0, 0.1) is 0 Å². The van der Waals surface area contributed by atoms with Gasteiger partial charge in [0.05, 0.1) is 10.5 Å². The number of carbonyl (C=O) groups excluding carboxylic acids is 1. The maximum absolute atomic E-state index is 12.5. The van der Waals surface area contributed by atoms with Gasteiger partial charge in [-0.05, 0) is 73.5 Å². The van der Waals surface area contributed by atoms with Gasteiger partial charge in [0.15, 0.2) is 9.84 Å². The Kier molecular flexibility index (Phi) is 7.76. The zero-order valence-electron chi connectivity index (χ0n) is 20.5. The van der Waals surface area contributed by atoms with Crippen molar-refractivity contribution in [3.05, 3.63) is 89.5 Å². The summed E-state index contributed by atoms with van der Waals surface area (Å²) in [5.41, 5.74) is 3.59. The fourth-order valence-corrected chi connectivity index (χ4v) is 4.57. The summed E-state index contributed by atoms with van der Waals surface area (Å²) >= 11 is 0. The third-order valence-electron chi connectivity index (χ3n) is 6.02. The highest BCUT2D eigenvalue weighted by molar-refractivity contribution is 7.90. The van der Waals surface area contributed by atoms with Crippen LogP contribution in [0.5, 0.6) is 11.5 Å². The lowest BCUT2D eigenvalue weighted by atomic mass is 9.97. The van der Waals surface area contributed by atoms with Crippen LogP contribution in [-0.4, -0.2) is 47.1 Å². The molecule has 0 amide bonds. The minimum absolute atomic E-state index is 0.0416. The number of cyclic esters (lactones) is 1. The number of hydrogen-bond acceptors (Lipinski definition) is 7. The van der Waals surface area contributed by atoms with Gasteiger partial charge in [0, 0.05) is 17.9 Å². The number of sulfone groups is 1. The van der Waals surface area contributed by atoms with Crippen molar-refractivity contribution in [2.75, 3.05) is 26.7 Å². The molecule has 0 spiro atoms. The minimum atomic E-state index is -3.37. The average Bonchev–Trinajstić information content (AvgIpc) is 3.26. The number of carbonyl (C=O) groups is 1. The first-order valence-electron chi connectivity index (χ1n) is 11.6. The van der Waals surface area contributed by atoms with Crippen LogP contribution < -0.4 is 14.8 Å². The Labute approximate surface area is 211 Å². The van der Waals surface area contributed by atoms with Gasteiger partial charge in [-0.3, -0.25) is 0 Å². The first kappa shape index (κ1) is 25.5. The van der Waals surface area contributed by atoms with Crippen molar-refractivity contribution < 1.29 is 27.4 Å². The zero-order chi connectivity index (χ0) is 25.7. The molecule has 1 atom stereocenters. The molecule has 188 valence electrons. The largest absolute Gasteiger partial charge is 0.458 e. The number of esters is 1. The van der Waals surface area contributed by atoms with E-state index in [-0.39, 0.29) is 18.3 Å². The van der Waals surface area contributed by atoms with Crippen molar-refractivity contribution in [3.8, 4) is 11.5 Å². The van der Waals surface area contributed by atoms with Crippen LogP contribution in [0.4, 0.5) is 0 Å². The molecule has 0 saturated carbocycles. The summed E-state index contributed by atoms with van der Waals surface area (Å²) in [5, 5.41) is 3.22. The van der Waals surface area contributed by atoms with Crippen LogP contribution in [0.15, 0.2) is 77.7 Å². The molecule has 0 bridgehead atoms. The Morgan fingerprint density at radius 3 is 2.19 bits per heavy atom. The second kappa shape index (κ2) is 11.0. The molecule has 0 radical (unpaired) electrons. The summed E-state index contributed by atoms with van der Waals surface area (Å²) in [5.74, 6) is 0.859. The van der Waals surface area contributed by atoms with E-state index in [4.69, 9.17) is 14.2 Å². The second-order valence-corrected chi connectivity index (χ2v) is 10.7. The van der Waals surface area contributed by atoms with Crippen LogP contribution in [0.2, 0.25) is 0 Å². The monoisotopic (exact) mass is 507 g/mol. The van der Waals surface area contributed by atoms with Gasteiger partial charge in [-0.1, -0.05) is 36.4 Å². The average molecular weight is 508 g/mol. The number of benzene rings is 3. The van der Waals surface area contributed by atoms with E-state index >= 15 is 0 Å². The third kappa shape index (κ3) is 6.13. The van der Waals surface area contributed by atoms with E-state index in [9.17, 15) is 13.2 Å². The van der Waals surface area contributed by atoms with Gasteiger partial charge in [0.2, 0.25) is 6.79 Å². The van der Waals surface area contributed by atoms with E-state index in [2.05, 4.69) is 12.2 Å². The molecule has 3 aromatic carbocycles. The van der Waals surface area contributed by atoms with E-state index in [1.165, 1.54) is 11.6 Å². The van der Waals surface area contributed by atoms with Gasteiger partial charge in [-0.2, -0.15) is 0 Å². The molecule has 1 heterocycles. The topological polar surface area (TPSA) is 90.9 Å². The van der Waals surface area contributed by atoms with Gasteiger partial charge in [0.1, 0.15) is 18.1 Å². The predicted octanol–water partition coefficient (Wildman–Crippen LogP) is 4.12. The highest BCUT2D eigenvalue weighted by Crippen LogP contribution is 2.34. The quantitative estimate of drug-likeness (QED) is 0.326. The van der Waals surface area contributed by atoms with Crippen LogP contribution in [0.1, 0.15) is 23.6 Å². The Morgan fingerprint density at radius 1 is 0.944 bits per heavy atom. The third-order valence-corrected chi connectivity index (χ3v) is 7.13. The highest BCUT2D eigenvalue weighted by atomic mass is 32.2. The molecule has 7 nitrogen and oxygen atoms in total. The second-order valence-electron chi connectivity index (χ2n) is 8.70. The van der Waals surface area contributed by atoms with Gasteiger partial charge < -0.3 is 19.5 Å². The number of rotatable bonds is 10. The van der Waals surface area contributed by atoms with Gasteiger partial charge in [0.25, 0.3) is 0 Å². The predicted molar refractivity (Wildman–Crippen MR) is 139 cm³/mol. The molecule has 36 heavy (non-hydrogen) atoms. The number of nitrogens with one attached hydrogen (secondary N) is 1. The van der Waals surface area contributed by atoms with Crippen LogP contribution in [-0.2, 0) is 25.8 Å². The number of ether oxygens (including phenoxy) is 3. The molecular formula is C28H29NO6S. The zero-order valence-corrected chi connectivity index (χ0v) is 21.3. The molecule has 0 aliphatic carbocycles. The van der Waals surface area contributed by atoms with E-state index in [0.29, 0.717) is 39.8 Å². The summed E-state index contributed by atoms with van der Waals surface area (Å²) in [4.78, 5) is 12.7. The smallest absolute Gasteiger partial charge is 0.339 e. The maximum Gasteiger partial charge on any atom is 0.339 e. The molecule has 1 N–H and O–H groups in total. The summed E-state index contributed by atoms with van der Waals surface area (Å²) in [6.45, 7) is 2.26. The van der Waals surface area contributed by atoms with E-state index < -0.39 is 15.8 Å². The lowest BCUT2D eigenvalue weighted by Gasteiger charge is -2.12. The Balaban J connectivity index is 1.43. The standard InChI is InChI=1S/C28H29NO6S/c1-19(29-2)15-20-7-11-23(12-8-20)34-18-35-24-13-9-21(10-14-24)27-26(17-33-28(27)30)22-5-4-6-25(16-22)36(3,31)32/h4-14,16,19,29H,15,17-18H2,1-3H3. The summed E-state index contributed by atoms with van der Waals surface area (Å²) in [6.07, 6.45) is 2.09. The SMILES string of the molecule is CNC(C)Cc1ccc(OCOc2ccc(C3=C(c4cccc(S(C)(=O)=O)c4)COC3=O)cc2)cc1. The fourth-order valence-electron chi connectivity index (χ4n) is 3.90. The molecule has 1 unspecified atom stereocenters. The Hall–Kier alpha value is -3.62. The summed E-state index contributed by atoms with van der Waals surface area (Å²) in [6, 6.07) is 21.9. The van der Waals surface area contributed by atoms with Crippen LogP contribution in [0.25, 0.3) is 11.1 Å². The van der Waals surface area contributed by atoms with Crippen LogP contribution >= 0.6 is 0 Å². The number of hydrogen-bond donors (Lipinski definition) is 1. The minimum Gasteiger partial charge on any atom is -0.458 e. The Bertz CT molecular complexity index is 1360. The fraction of sp³-hybridized carbons (Fsp3) is 0.250. The van der Waals surface area contributed by atoms with E-state index in [1.807, 2.05) is 31.3 Å². The van der Waals surface area contributed by atoms with Crippen LogP contribution in [0.3, 0.4) is 0 Å². The molecule has 0 saturated heterocycles. The Morgan fingerprint density at radius 2 is 1.58 bits per heavy atom. The van der Waals surface area contributed by atoms with Gasteiger partial charge in [-0.25, -0.2) is 13.2 Å². The van der Waals surface area contributed by atoms with Crippen molar-refractivity contribution in [2.24, 2.45) is 0 Å². The van der Waals surface area contributed by atoms with Gasteiger partial charge >= 0.3 is 5.97 Å². The highest BCUT2D eigenvalue weighted by Gasteiger charge is 2.27. The molecule has 8 heteroatoms. The molecule has 1 aliphatic heterocycles. The van der Waals surface area contributed by atoms with Crippen molar-refractivity contribution in [2.45, 2.75) is 24.3 Å². The lowest BCUT2D eigenvalue weighted by Crippen LogP contribution is -2.23. The first-order valence-corrected chi connectivity index (χ1v) is 13.5. The van der Waals surface area contributed by atoms with Crippen molar-refractivity contribution in [1.82, 2.24) is 5.32 Å². The molecule has 4 rings (SSSR count). The van der Waals surface area contributed by atoms with E-state index in [0.717, 1.165) is 12.7 Å². The maximum atomic E-state index is 12.5. The molecular weight excluding hydrogens is 478 g/mol. The molecule has 0 fully saturated rings. The van der Waals surface area contributed by atoms with Gasteiger partial charge in [-0.15, -0.1) is 0 Å². The normalized spacial score (nSPS) is 14.5. The summed E-state index contributed by atoms with van der Waals surface area (Å²) < 4.78 is 40.6. The van der Waals surface area contributed by atoms with Crippen molar-refractivity contribution in [3.63, 3.8) is 0 Å². The van der Waals surface area contributed by atoms with E-state index in [1.54, 1.807) is 42.5 Å². The molecule has 3 aromatic rings. The lowest BCUT2D eigenvalue weighted by molar-refractivity contribution is -0.133. The summed E-state index contributed by atoms with van der Waals surface area (Å²) in [7, 11) is -1.43. The number of likely N-dealkylation sites (N-methyl/N-ethyl adjacent to an activating group) is 1. The van der Waals surface area contributed by atoms with Crippen molar-refractivity contribution >= 4 is 27.0 Å². The van der Waals surface area contributed by atoms with Crippen molar-refractivity contribution in [1.29, 1.82) is 0 Å².